The fourth-order valence-electron chi connectivity index (χ4n) is 5.02. The van der Waals surface area contributed by atoms with Gasteiger partial charge in [-0.05, 0) is 101 Å². The Kier molecular flexibility index (Phi) is 7.17. The molecule has 166 valence electrons. The lowest BCUT2D eigenvalue weighted by Crippen LogP contribution is -2.50. The minimum absolute atomic E-state index is 0.333. The maximum absolute atomic E-state index is 12.8. The third kappa shape index (κ3) is 5.40. The predicted octanol–water partition coefficient (Wildman–Crippen LogP) is 3.35. The first-order valence-electron chi connectivity index (χ1n) is 11.5. The molecule has 0 amide bonds. The summed E-state index contributed by atoms with van der Waals surface area (Å²) >= 11 is 0. The molecule has 5 nitrogen and oxygen atoms in total. The summed E-state index contributed by atoms with van der Waals surface area (Å²) in [5.74, 6) is 0.658. The van der Waals surface area contributed by atoms with Gasteiger partial charge in [0.15, 0.2) is 0 Å². The average Bonchev–Trinajstić information content (AvgIpc) is 2.81. The molecule has 0 radical (unpaired) electrons. The first kappa shape index (κ1) is 22.5. The molecule has 0 saturated carbocycles. The second-order valence-corrected chi connectivity index (χ2v) is 11.0. The second kappa shape index (κ2) is 9.86. The van der Waals surface area contributed by atoms with Crippen LogP contribution in [0.25, 0.3) is 0 Å². The van der Waals surface area contributed by atoms with E-state index in [1.54, 1.807) is 36.4 Å². The number of nitrogens with zero attached hydrogens (tertiary/aromatic N) is 2. The van der Waals surface area contributed by atoms with Crippen molar-refractivity contribution in [2.24, 2.45) is 5.92 Å². The van der Waals surface area contributed by atoms with Crippen molar-refractivity contribution in [2.45, 2.75) is 54.8 Å². The van der Waals surface area contributed by atoms with E-state index in [9.17, 15) is 13.4 Å². The van der Waals surface area contributed by atoms with E-state index in [0.717, 1.165) is 45.4 Å². The highest BCUT2D eigenvalue weighted by atomic mass is 32.2. The number of benzene rings is 2. The van der Waals surface area contributed by atoms with Gasteiger partial charge in [0.25, 0.3) is 0 Å². The van der Waals surface area contributed by atoms with Gasteiger partial charge in [0, 0.05) is 6.04 Å². The fourth-order valence-corrected chi connectivity index (χ4v) is 6.30. The SMILES string of the molecule is CB(O)N1CCC(N2CCC(Cc3ccc(S(=O)(=O)c4ccccc4)cc3)CC2)CC1. The average molecular weight is 440 g/mol. The van der Waals surface area contributed by atoms with E-state index in [4.69, 9.17) is 0 Å². The van der Waals surface area contributed by atoms with Gasteiger partial charge in [0.05, 0.1) is 9.79 Å². The molecular formula is C24H33BN2O3S. The summed E-state index contributed by atoms with van der Waals surface area (Å²) in [5, 5.41) is 9.75. The third-order valence-electron chi connectivity index (χ3n) is 7.00. The largest absolute Gasteiger partial charge is 0.437 e. The zero-order valence-corrected chi connectivity index (χ0v) is 19.2. The van der Waals surface area contributed by atoms with E-state index in [2.05, 4.69) is 9.71 Å². The number of rotatable bonds is 6. The van der Waals surface area contributed by atoms with Gasteiger partial charge in [-0.15, -0.1) is 0 Å². The summed E-state index contributed by atoms with van der Waals surface area (Å²) < 4.78 is 25.5. The van der Waals surface area contributed by atoms with Crippen LogP contribution in [0.4, 0.5) is 0 Å². The topological polar surface area (TPSA) is 60.9 Å². The molecule has 0 unspecified atom stereocenters. The maximum atomic E-state index is 12.8. The van der Waals surface area contributed by atoms with E-state index >= 15 is 0 Å². The van der Waals surface area contributed by atoms with E-state index in [1.807, 2.05) is 25.0 Å². The molecule has 31 heavy (non-hydrogen) atoms. The Balaban J connectivity index is 1.28. The molecular weight excluding hydrogens is 407 g/mol. The number of hydrogen-bond donors (Lipinski definition) is 1. The number of hydrogen-bond acceptors (Lipinski definition) is 5. The molecule has 2 aliphatic heterocycles. The van der Waals surface area contributed by atoms with Crippen molar-refractivity contribution in [1.82, 2.24) is 9.71 Å². The highest BCUT2D eigenvalue weighted by Gasteiger charge is 2.30. The Morgan fingerprint density at radius 3 is 2.03 bits per heavy atom. The van der Waals surface area contributed by atoms with Crippen molar-refractivity contribution in [3.63, 3.8) is 0 Å². The van der Waals surface area contributed by atoms with Gasteiger partial charge >= 0.3 is 7.05 Å². The zero-order chi connectivity index (χ0) is 21.8. The number of piperidine rings is 2. The lowest BCUT2D eigenvalue weighted by atomic mass is 9.81. The minimum Gasteiger partial charge on any atom is -0.437 e. The van der Waals surface area contributed by atoms with Crippen LogP contribution in [0.15, 0.2) is 64.4 Å². The van der Waals surface area contributed by atoms with E-state index in [1.165, 1.54) is 18.4 Å². The van der Waals surface area contributed by atoms with Crippen molar-refractivity contribution in [2.75, 3.05) is 26.2 Å². The van der Waals surface area contributed by atoms with Gasteiger partial charge in [-0.25, -0.2) is 8.42 Å². The Morgan fingerprint density at radius 1 is 0.871 bits per heavy atom. The summed E-state index contributed by atoms with van der Waals surface area (Å²) in [6.07, 6.45) is 5.70. The lowest BCUT2D eigenvalue weighted by Gasteiger charge is -2.42. The van der Waals surface area contributed by atoms with E-state index < -0.39 is 9.84 Å². The standard InChI is InChI=1S/C24H33BN2O3S/c1-25(28)27-17-13-22(14-18-27)26-15-11-21(12-16-26)19-20-7-9-24(10-8-20)31(29,30)23-5-3-2-4-6-23/h2-10,21-22,28H,11-19H2,1H3. The number of sulfone groups is 1. The molecule has 0 bridgehead atoms. The summed E-state index contributed by atoms with van der Waals surface area (Å²) in [7, 11) is -3.78. The molecule has 0 atom stereocenters. The molecule has 0 spiro atoms. The summed E-state index contributed by atoms with van der Waals surface area (Å²) in [6.45, 7) is 6.12. The van der Waals surface area contributed by atoms with Crippen LogP contribution >= 0.6 is 0 Å². The van der Waals surface area contributed by atoms with Crippen molar-refractivity contribution in [1.29, 1.82) is 0 Å². The van der Waals surface area contributed by atoms with Gasteiger partial charge in [-0.3, -0.25) is 0 Å². The molecule has 2 fully saturated rings. The molecule has 0 aliphatic carbocycles. The van der Waals surface area contributed by atoms with Crippen molar-refractivity contribution in [3.05, 3.63) is 60.2 Å². The van der Waals surface area contributed by atoms with Crippen LogP contribution < -0.4 is 0 Å². The highest BCUT2D eigenvalue weighted by Crippen LogP contribution is 2.27. The third-order valence-corrected chi connectivity index (χ3v) is 8.79. The first-order valence-corrected chi connectivity index (χ1v) is 13.0. The zero-order valence-electron chi connectivity index (χ0n) is 18.4. The van der Waals surface area contributed by atoms with Crippen molar-refractivity contribution < 1.29 is 13.4 Å². The van der Waals surface area contributed by atoms with Crippen LogP contribution in [0, 0.1) is 5.92 Å². The normalized spacial score (nSPS) is 20.1. The van der Waals surface area contributed by atoms with Gasteiger partial charge in [-0.2, -0.15) is 0 Å². The van der Waals surface area contributed by atoms with Gasteiger partial charge < -0.3 is 14.7 Å². The van der Waals surface area contributed by atoms with Crippen LogP contribution in [0.1, 0.15) is 31.2 Å². The van der Waals surface area contributed by atoms with Gasteiger partial charge in [-0.1, -0.05) is 30.3 Å². The van der Waals surface area contributed by atoms with Crippen molar-refractivity contribution in [3.8, 4) is 0 Å². The highest BCUT2D eigenvalue weighted by molar-refractivity contribution is 7.91. The summed E-state index contributed by atoms with van der Waals surface area (Å²) in [5.41, 5.74) is 1.22. The van der Waals surface area contributed by atoms with Crippen LogP contribution in [0.5, 0.6) is 0 Å². The molecule has 2 aliphatic rings. The molecule has 2 saturated heterocycles. The van der Waals surface area contributed by atoms with Crippen LogP contribution in [-0.2, 0) is 16.3 Å². The molecule has 7 heteroatoms. The fraction of sp³-hybridized carbons (Fsp3) is 0.500. The molecule has 4 rings (SSSR count). The predicted molar refractivity (Wildman–Crippen MR) is 125 cm³/mol. The molecule has 1 N–H and O–H groups in total. The van der Waals surface area contributed by atoms with Crippen LogP contribution in [-0.4, -0.2) is 62.4 Å². The summed E-state index contributed by atoms with van der Waals surface area (Å²) in [6, 6.07) is 16.7. The maximum Gasteiger partial charge on any atom is 0.376 e. The molecule has 0 aromatic heterocycles. The van der Waals surface area contributed by atoms with Gasteiger partial charge in [0.1, 0.15) is 0 Å². The Hall–Kier alpha value is -1.67. The Morgan fingerprint density at radius 2 is 1.45 bits per heavy atom. The van der Waals surface area contributed by atoms with E-state index in [-0.39, 0.29) is 7.05 Å². The van der Waals surface area contributed by atoms with Gasteiger partial charge in [0.2, 0.25) is 9.84 Å². The van der Waals surface area contributed by atoms with Crippen LogP contribution in [0.3, 0.4) is 0 Å². The monoisotopic (exact) mass is 440 g/mol. The molecule has 2 heterocycles. The second-order valence-electron chi connectivity index (χ2n) is 9.04. The number of likely N-dealkylation sites (tertiary alicyclic amines) is 1. The first-order chi connectivity index (χ1) is 14.9. The Bertz CT molecular complexity index is 935. The lowest BCUT2D eigenvalue weighted by molar-refractivity contribution is 0.0936. The molecule has 2 aromatic carbocycles. The molecule has 2 aromatic rings. The minimum atomic E-state index is -3.44. The quantitative estimate of drug-likeness (QED) is 0.699. The van der Waals surface area contributed by atoms with Crippen LogP contribution in [0.2, 0.25) is 6.82 Å². The van der Waals surface area contributed by atoms with E-state index in [0.29, 0.717) is 21.8 Å². The summed E-state index contributed by atoms with van der Waals surface area (Å²) in [4.78, 5) is 5.51. The smallest absolute Gasteiger partial charge is 0.376 e. The Labute approximate surface area is 187 Å². The van der Waals surface area contributed by atoms with Crippen molar-refractivity contribution >= 4 is 16.9 Å².